The lowest BCUT2D eigenvalue weighted by Gasteiger charge is -2.31. The van der Waals surface area contributed by atoms with Crippen molar-refractivity contribution in [2.24, 2.45) is 0 Å². The average Bonchev–Trinajstić information content (AvgIpc) is 2.81. The Hall–Kier alpha value is -3.23. The Morgan fingerprint density at radius 2 is 1.67 bits per heavy atom. The summed E-state index contributed by atoms with van der Waals surface area (Å²) in [4.78, 5) is 15.2. The van der Waals surface area contributed by atoms with Gasteiger partial charge < -0.3 is 5.32 Å². The van der Waals surface area contributed by atoms with E-state index in [0.717, 1.165) is 29.5 Å². The molecule has 0 aromatic heterocycles. The second kappa shape index (κ2) is 9.33. The van der Waals surface area contributed by atoms with Crippen LogP contribution in [0.4, 0.5) is 15.8 Å². The van der Waals surface area contributed by atoms with Crippen LogP contribution in [-0.4, -0.2) is 38.9 Å². The largest absolute Gasteiger partial charge is 0.325 e. The molecule has 1 N–H and O–H groups in total. The number of hydrogen-bond acceptors (Lipinski definition) is 4. The molecule has 1 heterocycles. The van der Waals surface area contributed by atoms with Gasteiger partial charge in [0.05, 0.1) is 10.6 Å². The number of fused-ring (bicyclic) bond motifs is 3. The van der Waals surface area contributed by atoms with E-state index in [-0.39, 0.29) is 10.6 Å². The van der Waals surface area contributed by atoms with E-state index in [1.807, 2.05) is 12.1 Å². The molecule has 0 atom stereocenters. The molecule has 1 aliphatic heterocycles. The molecule has 0 saturated heterocycles. The second-order valence-corrected chi connectivity index (χ2v) is 9.71. The Kier molecular flexibility index (Phi) is 6.49. The Labute approximate surface area is 193 Å². The van der Waals surface area contributed by atoms with Gasteiger partial charge in [0.25, 0.3) is 10.0 Å². The number of rotatable bonds is 7. The monoisotopic (exact) mass is 467 g/mol. The van der Waals surface area contributed by atoms with Gasteiger partial charge in [-0.25, -0.2) is 12.8 Å². The van der Waals surface area contributed by atoms with Crippen molar-refractivity contribution in [2.45, 2.75) is 25.3 Å². The predicted molar refractivity (Wildman–Crippen MR) is 128 cm³/mol. The minimum atomic E-state index is -3.98. The summed E-state index contributed by atoms with van der Waals surface area (Å²) < 4.78 is 41.6. The smallest absolute Gasteiger partial charge is 0.265 e. The first-order chi connectivity index (χ1) is 15.8. The fourth-order valence-corrected chi connectivity index (χ4v) is 5.65. The summed E-state index contributed by atoms with van der Waals surface area (Å²) in [6, 6.07) is 17.8. The molecule has 0 aliphatic carbocycles. The molecule has 8 heteroatoms. The minimum absolute atomic E-state index is 0.0525. The molecular formula is C25H26FN3O3S. The van der Waals surface area contributed by atoms with Crippen LogP contribution in [0.25, 0.3) is 11.1 Å². The standard InChI is InChI=1S/C25H26FN3O3S/c1-3-28(4-2)16-18-9-12-20(13-10-18)27-25(30)17-29-23-14-11-19(26)15-22(23)21-7-5-6-8-24(21)33(29,31)32/h5-15H,3-4,16-17H2,1-2H3,(H,27,30). The summed E-state index contributed by atoms with van der Waals surface area (Å²) in [5.41, 5.74) is 2.85. The molecule has 0 saturated carbocycles. The van der Waals surface area contributed by atoms with Gasteiger partial charge in [0.15, 0.2) is 0 Å². The zero-order valence-electron chi connectivity index (χ0n) is 18.6. The summed E-state index contributed by atoms with van der Waals surface area (Å²) in [7, 11) is -3.98. The molecule has 1 amide bonds. The van der Waals surface area contributed by atoms with Gasteiger partial charge in [0.2, 0.25) is 5.91 Å². The van der Waals surface area contributed by atoms with E-state index in [1.165, 1.54) is 24.3 Å². The first kappa shape index (κ1) is 22.9. The highest BCUT2D eigenvalue weighted by molar-refractivity contribution is 7.93. The van der Waals surface area contributed by atoms with Crippen LogP contribution in [0, 0.1) is 5.82 Å². The number of hydrogen-bond donors (Lipinski definition) is 1. The van der Waals surface area contributed by atoms with Crippen molar-refractivity contribution >= 4 is 27.3 Å². The lowest BCUT2D eigenvalue weighted by atomic mass is 10.0. The molecule has 6 nitrogen and oxygen atoms in total. The normalized spacial score (nSPS) is 14.0. The zero-order chi connectivity index (χ0) is 23.6. The number of nitrogens with zero attached hydrogens (tertiary/aromatic N) is 2. The summed E-state index contributed by atoms with van der Waals surface area (Å²) in [5, 5.41) is 2.77. The fourth-order valence-electron chi connectivity index (χ4n) is 4.00. The van der Waals surface area contributed by atoms with Crippen molar-refractivity contribution < 1.29 is 17.6 Å². The summed E-state index contributed by atoms with van der Waals surface area (Å²) in [6.45, 7) is 6.52. The SMILES string of the molecule is CCN(CC)Cc1ccc(NC(=O)CN2c3ccc(F)cc3-c3ccccc3S2(=O)=O)cc1. The van der Waals surface area contributed by atoms with Crippen LogP contribution in [0.15, 0.2) is 71.6 Å². The van der Waals surface area contributed by atoms with Crippen LogP contribution in [0.2, 0.25) is 0 Å². The predicted octanol–water partition coefficient (Wildman–Crippen LogP) is 4.48. The number of amides is 1. The van der Waals surface area contributed by atoms with Gasteiger partial charge in [-0.2, -0.15) is 0 Å². The van der Waals surface area contributed by atoms with Gasteiger partial charge in [0.1, 0.15) is 12.4 Å². The van der Waals surface area contributed by atoms with Gasteiger partial charge in [-0.1, -0.05) is 44.2 Å². The Bertz CT molecular complexity index is 1270. The molecule has 172 valence electrons. The number of carbonyl (C=O) groups is 1. The van der Waals surface area contributed by atoms with Crippen molar-refractivity contribution in [1.29, 1.82) is 0 Å². The first-order valence-electron chi connectivity index (χ1n) is 10.9. The molecule has 33 heavy (non-hydrogen) atoms. The highest BCUT2D eigenvalue weighted by Crippen LogP contribution is 2.43. The molecular weight excluding hydrogens is 441 g/mol. The second-order valence-electron chi connectivity index (χ2n) is 7.88. The lowest BCUT2D eigenvalue weighted by molar-refractivity contribution is -0.114. The van der Waals surface area contributed by atoms with Crippen molar-refractivity contribution in [3.8, 4) is 11.1 Å². The zero-order valence-corrected chi connectivity index (χ0v) is 19.4. The van der Waals surface area contributed by atoms with Crippen LogP contribution >= 0.6 is 0 Å². The topological polar surface area (TPSA) is 69.7 Å². The molecule has 0 spiro atoms. The highest BCUT2D eigenvalue weighted by atomic mass is 32.2. The lowest BCUT2D eigenvalue weighted by Crippen LogP contribution is -2.40. The number of anilines is 2. The van der Waals surface area contributed by atoms with E-state index in [0.29, 0.717) is 16.8 Å². The van der Waals surface area contributed by atoms with Crippen molar-refractivity contribution in [1.82, 2.24) is 4.90 Å². The fraction of sp³-hybridized carbons (Fsp3) is 0.240. The van der Waals surface area contributed by atoms with Crippen molar-refractivity contribution in [2.75, 3.05) is 29.3 Å². The molecule has 0 unspecified atom stereocenters. The highest BCUT2D eigenvalue weighted by Gasteiger charge is 2.36. The van der Waals surface area contributed by atoms with E-state index in [1.54, 1.807) is 30.3 Å². The van der Waals surface area contributed by atoms with E-state index < -0.39 is 28.3 Å². The van der Waals surface area contributed by atoms with Crippen LogP contribution in [0.3, 0.4) is 0 Å². The van der Waals surface area contributed by atoms with Crippen molar-refractivity contribution in [3.63, 3.8) is 0 Å². The summed E-state index contributed by atoms with van der Waals surface area (Å²) in [5.74, 6) is -0.957. The maximum atomic E-state index is 14.0. The van der Waals surface area contributed by atoms with Crippen molar-refractivity contribution in [3.05, 3.63) is 78.1 Å². The number of benzene rings is 3. The Morgan fingerprint density at radius 3 is 2.36 bits per heavy atom. The third-order valence-electron chi connectivity index (χ3n) is 5.80. The van der Waals surface area contributed by atoms with Crippen LogP contribution in [0.1, 0.15) is 19.4 Å². The maximum absolute atomic E-state index is 14.0. The molecule has 0 bridgehead atoms. The van der Waals surface area contributed by atoms with E-state index in [2.05, 4.69) is 24.1 Å². The summed E-state index contributed by atoms with van der Waals surface area (Å²) in [6.07, 6.45) is 0. The molecule has 3 aromatic carbocycles. The molecule has 1 aliphatic rings. The Morgan fingerprint density at radius 1 is 0.970 bits per heavy atom. The van der Waals surface area contributed by atoms with Crippen LogP contribution < -0.4 is 9.62 Å². The first-order valence-corrected chi connectivity index (χ1v) is 12.3. The van der Waals surface area contributed by atoms with Gasteiger partial charge in [-0.3, -0.25) is 14.0 Å². The van der Waals surface area contributed by atoms with Gasteiger partial charge >= 0.3 is 0 Å². The Balaban J connectivity index is 1.56. The number of carbonyl (C=O) groups excluding carboxylic acids is 1. The van der Waals surface area contributed by atoms with E-state index in [4.69, 9.17) is 0 Å². The third kappa shape index (κ3) is 4.62. The quantitative estimate of drug-likeness (QED) is 0.556. The average molecular weight is 468 g/mol. The van der Waals surface area contributed by atoms with E-state index >= 15 is 0 Å². The molecule has 4 rings (SSSR count). The third-order valence-corrected chi connectivity index (χ3v) is 7.62. The molecule has 0 fully saturated rings. The van der Waals surface area contributed by atoms with Crippen LogP contribution in [-0.2, 0) is 21.4 Å². The number of nitrogens with one attached hydrogen (secondary N) is 1. The minimum Gasteiger partial charge on any atom is -0.325 e. The summed E-state index contributed by atoms with van der Waals surface area (Å²) >= 11 is 0. The maximum Gasteiger partial charge on any atom is 0.265 e. The molecule has 3 aromatic rings. The number of sulfonamides is 1. The van der Waals surface area contributed by atoms with Gasteiger partial charge in [0, 0.05) is 23.4 Å². The molecule has 0 radical (unpaired) electrons. The van der Waals surface area contributed by atoms with Gasteiger partial charge in [-0.15, -0.1) is 0 Å². The van der Waals surface area contributed by atoms with Crippen LogP contribution in [0.5, 0.6) is 0 Å². The van der Waals surface area contributed by atoms with Gasteiger partial charge in [-0.05, 0) is 55.1 Å². The number of halogens is 1. The van der Waals surface area contributed by atoms with E-state index in [9.17, 15) is 17.6 Å².